The van der Waals surface area contributed by atoms with Crippen LogP contribution in [0, 0.1) is 5.92 Å². The fraction of sp³-hybridized carbons (Fsp3) is 0.600. The summed E-state index contributed by atoms with van der Waals surface area (Å²) in [4.78, 5) is 11.6. The first-order valence-corrected chi connectivity index (χ1v) is 5.05. The number of aromatic amines is 1. The van der Waals surface area contributed by atoms with Gasteiger partial charge in [-0.25, -0.2) is 0 Å². The summed E-state index contributed by atoms with van der Waals surface area (Å²) in [5.41, 5.74) is 0.513. The molecule has 15 heavy (non-hydrogen) atoms. The van der Waals surface area contributed by atoms with E-state index in [2.05, 4.69) is 15.5 Å². The molecule has 5 nitrogen and oxygen atoms in total. The van der Waals surface area contributed by atoms with E-state index >= 15 is 0 Å². The summed E-state index contributed by atoms with van der Waals surface area (Å²) in [6.07, 6.45) is 3.60. The molecule has 0 saturated carbocycles. The number of rotatable bonds is 5. The van der Waals surface area contributed by atoms with Crippen LogP contribution < -0.4 is 5.32 Å². The second-order valence-electron chi connectivity index (χ2n) is 3.82. The topological polar surface area (TPSA) is 78.0 Å². The Bertz CT molecular complexity index is 296. The molecule has 0 radical (unpaired) electrons. The third-order valence-electron chi connectivity index (χ3n) is 2.32. The number of aliphatic hydroxyl groups is 1. The first-order chi connectivity index (χ1) is 7.15. The van der Waals surface area contributed by atoms with Gasteiger partial charge in [-0.3, -0.25) is 9.89 Å². The van der Waals surface area contributed by atoms with Crippen LogP contribution in [0.2, 0.25) is 0 Å². The van der Waals surface area contributed by atoms with Crippen LogP contribution in [0.15, 0.2) is 12.4 Å². The summed E-state index contributed by atoms with van der Waals surface area (Å²) in [5.74, 6) is 0.143. The summed E-state index contributed by atoms with van der Waals surface area (Å²) in [7, 11) is 0. The lowest BCUT2D eigenvalue weighted by atomic mass is 10.0. The molecule has 0 aromatic carbocycles. The Morgan fingerprint density at radius 1 is 1.67 bits per heavy atom. The van der Waals surface area contributed by atoms with Gasteiger partial charge < -0.3 is 10.4 Å². The predicted molar refractivity (Wildman–Crippen MR) is 56.4 cm³/mol. The molecule has 0 fully saturated rings. The molecule has 1 aromatic heterocycles. The first kappa shape index (κ1) is 11.7. The van der Waals surface area contributed by atoms with Gasteiger partial charge in [-0.15, -0.1) is 0 Å². The van der Waals surface area contributed by atoms with E-state index in [1.165, 1.54) is 6.20 Å². The zero-order valence-electron chi connectivity index (χ0n) is 9.03. The molecule has 1 heterocycles. The predicted octanol–water partition coefficient (Wildman–Crippen LogP) is 0.546. The average molecular weight is 211 g/mol. The van der Waals surface area contributed by atoms with E-state index in [0.717, 1.165) is 0 Å². The van der Waals surface area contributed by atoms with E-state index < -0.39 is 0 Å². The largest absolute Gasteiger partial charge is 0.396 e. The summed E-state index contributed by atoms with van der Waals surface area (Å²) in [6.45, 7) is 4.10. The molecule has 0 aliphatic heterocycles. The second-order valence-corrected chi connectivity index (χ2v) is 3.82. The zero-order chi connectivity index (χ0) is 11.3. The standard InChI is InChI=1S/C10H17N3O2/c1-7(2)9(3-4-14)13-10(15)8-5-11-12-6-8/h5-7,9,14H,3-4H2,1-2H3,(H,11,12)(H,13,15). The van der Waals surface area contributed by atoms with Crippen molar-refractivity contribution in [1.82, 2.24) is 15.5 Å². The van der Waals surface area contributed by atoms with Gasteiger partial charge >= 0.3 is 0 Å². The Hall–Kier alpha value is -1.36. The Labute approximate surface area is 88.9 Å². The van der Waals surface area contributed by atoms with Crippen LogP contribution in [0.1, 0.15) is 30.6 Å². The number of amides is 1. The molecule has 1 aromatic rings. The number of aromatic nitrogens is 2. The lowest BCUT2D eigenvalue weighted by Gasteiger charge is -2.20. The zero-order valence-corrected chi connectivity index (χ0v) is 9.03. The van der Waals surface area contributed by atoms with E-state index in [9.17, 15) is 4.79 Å². The van der Waals surface area contributed by atoms with Crippen molar-refractivity contribution in [3.05, 3.63) is 18.0 Å². The molecule has 84 valence electrons. The lowest BCUT2D eigenvalue weighted by Crippen LogP contribution is -2.39. The van der Waals surface area contributed by atoms with Gasteiger partial charge in [0.05, 0.1) is 11.8 Å². The Kier molecular flexibility index (Phi) is 4.30. The monoisotopic (exact) mass is 211 g/mol. The average Bonchev–Trinajstić information content (AvgIpc) is 2.69. The van der Waals surface area contributed by atoms with Gasteiger partial charge in [0.2, 0.25) is 0 Å². The Balaban J connectivity index is 2.55. The molecule has 0 spiro atoms. The number of nitrogens with zero attached hydrogens (tertiary/aromatic N) is 1. The molecular weight excluding hydrogens is 194 g/mol. The minimum atomic E-state index is -0.157. The number of carbonyl (C=O) groups excluding carboxylic acids is 1. The van der Waals surface area contributed by atoms with Crippen LogP contribution in [0.3, 0.4) is 0 Å². The molecule has 1 atom stereocenters. The molecule has 0 aliphatic carbocycles. The van der Waals surface area contributed by atoms with Crippen LogP contribution >= 0.6 is 0 Å². The first-order valence-electron chi connectivity index (χ1n) is 5.05. The summed E-state index contributed by atoms with van der Waals surface area (Å²) in [5, 5.41) is 18.0. The van der Waals surface area contributed by atoms with E-state index in [0.29, 0.717) is 17.9 Å². The maximum absolute atomic E-state index is 11.6. The molecule has 1 rings (SSSR count). The fourth-order valence-corrected chi connectivity index (χ4v) is 1.34. The van der Waals surface area contributed by atoms with Gasteiger partial charge in [0.25, 0.3) is 5.91 Å². The molecule has 0 bridgehead atoms. The van der Waals surface area contributed by atoms with Crippen molar-refractivity contribution < 1.29 is 9.90 Å². The smallest absolute Gasteiger partial charge is 0.254 e. The van der Waals surface area contributed by atoms with Crippen molar-refractivity contribution in [2.24, 2.45) is 5.92 Å². The lowest BCUT2D eigenvalue weighted by molar-refractivity contribution is 0.0916. The molecule has 1 unspecified atom stereocenters. The molecule has 0 aliphatic rings. The molecule has 1 amide bonds. The van der Waals surface area contributed by atoms with Gasteiger partial charge in [-0.05, 0) is 12.3 Å². The Morgan fingerprint density at radius 2 is 2.40 bits per heavy atom. The minimum absolute atomic E-state index is 0.00241. The van der Waals surface area contributed by atoms with Crippen LogP contribution in [0.4, 0.5) is 0 Å². The summed E-state index contributed by atoms with van der Waals surface area (Å²) in [6, 6.07) is -0.00241. The van der Waals surface area contributed by atoms with E-state index in [-0.39, 0.29) is 18.6 Å². The molecule has 5 heteroatoms. The van der Waals surface area contributed by atoms with Gasteiger partial charge in [0.15, 0.2) is 0 Å². The molecule has 0 saturated heterocycles. The highest BCUT2D eigenvalue weighted by Gasteiger charge is 2.16. The van der Waals surface area contributed by atoms with Crippen LogP contribution in [0.5, 0.6) is 0 Å². The second kappa shape index (κ2) is 5.50. The number of aliphatic hydroxyl groups excluding tert-OH is 1. The van der Waals surface area contributed by atoms with Crippen molar-refractivity contribution >= 4 is 5.91 Å². The number of H-pyrrole nitrogens is 1. The SMILES string of the molecule is CC(C)C(CCO)NC(=O)c1cn[nH]c1. The van der Waals surface area contributed by atoms with Crippen LogP contribution in [0.25, 0.3) is 0 Å². The van der Waals surface area contributed by atoms with Gasteiger partial charge in [0, 0.05) is 18.8 Å². The Morgan fingerprint density at radius 3 is 2.87 bits per heavy atom. The summed E-state index contributed by atoms with van der Waals surface area (Å²) < 4.78 is 0. The van der Waals surface area contributed by atoms with Crippen molar-refractivity contribution in [1.29, 1.82) is 0 Å². The van der Waals surface area contributed by atoms with Gasteiger partial charge in [-0.2, -0.15) is 5.10 Å². The van der Waals surface area contributed by atoms with Crippen LogP contribution in [-0.4, -0.2) is 33.9 Å². The molecular formula is C10H17N3O2. The number of hydrogen-bond acceptors (Lipinski definition) is 3. The van der Waals surface area contributed by atoms with Gasteiger partial charge in [0.1, 0.15) is 0 Å². The van der Waals surface area contributed by atoms with Crippen LogP contribution in [-0.2, 0) is 0 Å². The van der Waals surface area contributed by atoms with Crippen molar-refractivity contribution in [2.75, 3.05) is 6.61 Å². The maximum atomic E-state index is 11.6. The van der Waals surface area contributed by atoms with E-state index in [4.69, 9.17) is 5.11 Å². The normalized spacial score (nSPS) is 12.8. The quantitative estimate of drug-likeness (QED) is 0.665. The van der Waals surface area contributed by atoms with Crippen molar-refractivity contribution in [3.63, 3.8) is 0 Å². The fourth-order valence-electron chi connectivity index (χ4n) is 1.34. The highest BCUT2D eigenvalue weighted by Crippen LogP contribution is 2.06. The number of nitrogens with one attached hydrogen (secondary N) is 2. The number of carbonyl (C=O) groups is 1. The molecule has 3 N–H and O–H groups in total. The number of hydrogen-bond donors (Lipinski definition) is 3. The maximum Gasteiger partial charge on any atom is 0.254 e. The summed E-state index contributed by atoms with van der Waals surface area (Å²) >= 11 is 0. The third-order valence-corrected chi connectivity index (χ3v) is 2.32. The van der Waals surface area contributed by atoms with Crippen molar-refractivity contribution in [3.8, 4) is 0 Å². The van der Waals surface area contributed by atoms with Crippen molar-refractivity contribution in [2.45, 2.75) is 26.3 Å². The van der Waals surface area contributed by atoms with E-state index in [1.807, 2.05) is 13.8 Å². The highest BCUT2D eigenvalue weighted by atomic mass is 16.3. The minimum Gasteiger partial charge on any atom is -0.396 e. The van der Waals surface area contributed by atoms with E-state index in [1.54, 1.807) is 6.20 Å². The third kappa shape index (κ3) is 3.36. The van der Waals surface area contributed by atoms with Gasteiger partial charge in [-0.1, -0.05) is 13.8 Å². The highest BCUT2D eigenvalue weighted by molar-refractivity contribution is 5.93.